The van der Waals surface area contributed by atoms with Crippen molar-refractivity contribution in [2.24, 2.45) is 5.73 Å². The molecule has 0 spiro atoms. The van der Waals surface area contributed by atoms with Gasteiger partial charge < -0.3 is 5.73 Å². The lowest BCUT2D eigenvalue weighted by atomic mass is 9.95. The van der Waals surface area contributed by atoms with E-state index in [1.54, 1.807) is 18.4 Å². The smallest absolute Gasteiger partial charge is 0.299 e. The quantitative estimate of drug-likeness (QED) is 0.789. The molecule has 74 valence electrons. The van der Waals surface area contributed by atoms with E-state index in [0.29, 0.717) is 5.56 Å². The highest BCUT2D eigenvalue weighted by Gasteiger charge is 2.47. The molecule has 0 atom stereocenters. The third-order valence-electron chi connectivity index (χ3n) is 1.96. The average molecular weight is 205 g/mol. The number of alkyl halides is 2. The van der Waals surface area contributed by atoms with Crippen molar-refractivity contribution >= 4 is 11.3 Å². The summed E-state index contributed by atoms with van der Waals surface area (Å²) >= 11 is 1.05. The summed E-state index contributed by atoms with van der Waals surface area (Å²) in [6.07, 6.45) is 0. The second kappa shape index (κ2) is 3.03. The first kappa shape index (κ1) is 10.6. The first-order valence-corrected chi connectivity index (χ1v) is 4.86. The lowest BCUT2D eigenvalue weighted by Gasteiger charge is -2.29. The molecule has 4 heteroatoms. The van der Waals surface area contributed by atoms with Gasteiger partial charge in [-0.3, -0.25) is 0 Å². The predicted octanol–water partition coefficient (Wildman–Crippen LogP) is 2.89. The van der Waals surface area contributed by atoms with Gasteiger partial charge in [-0.2, -0.15) is 8.78 Å². The Bertz CT molecular complexity index is 299. The fourth-order valence-electron chi connectivity index (χ4n) is 0.987. The molecule has 0 aliphatic carbocycles. The molecule has 1 heterocycles. The summed E-state index contributed by atoms with van der Waals surface area (Å²) < 4.78 is 27.3. The van der Waals surface area contributed by atoms with E-state index >= 15 is 0 Å². The van der Waals surface area contributed by atoms with Crippen molar-refractivity contribution in [1.29, 1.82) is 0 Å². The summed E-state index contributed by atoms with van der Waals surface area (Å²) in [7, 11) is 0. The molecule has 0 aliphatic heterocycles. The molecule has 0 unspecified atom stereocenters. The minimum Gasteiger partial charge on any atom is -0.320 e. The summed E-state index contributed by atoms with van der Waals surface area (Å²) in [5.74, 6) is -2.95. The molecule has 1 aromatic heterocycles. The van der Waals surface area contributed by atoms with Crippen LogP contribution in [-0.2, 0) is 5.92 Å². The Labute approximate surface area is 80.6 Å². The van der Waals surface area contributed by atoms with E-state index in [1.807, 2.05) is 0 Å². The van der Waals surface area contributed by atoms with Crippen LogP contribution < -0.4 is 5.73 Å². The molecule has 0 saturated carbocycles. The molecular weight excluding hydrogens is 192 g/mol. The van der Waals surface area contributed by atoms with Crippen molar-refractivity contribution in [3.8, 4) is 0 Å². The van der Waals surface area contributed by atoms with Crippen LogP contribution in [0.1, 0.15) is 24.3 Å². The topological polar surface area (TPSA) is 26.0 Å². The van der Waals surface area contributed by atoms with Crippen LogP contribution in [0.2, 0.25) is 0 Å². The zero-order valence-electron chi connectivity index (χ0n) is 7.90. The highest BCUT2D eigenvalue weighted by Crippen LogP contribution is 2.41. The summed E-state index contributed by atoms with van der Waals surface area (Å²) in [6, 6.07) is 1.68. The maximum absolute atomic E-state index is 13.6. The zero-order valence-corrected chi connectivity index (χ0v) is 8.71. The first-order valence-electron chi connectivity index (χ1n) is 3.98. The molecular formula is C9H13F2NS. The van der Waals surface area contributed by atoms with E-state index in [4.69, 9.17) is 5.73 Å². The molecule has 0 amide bonds. The third-order valence-corrected chi connectivity index (χ3v) is 3.04. The normalized spacial score (nSPS) is 13.4. The summed E-state index contributed by atoms with van der Waals surface area (Å²) in [6.45, 7) is 4.35. The molecule has 1 nitrogen and oxygen atoms in total. The standard InChI is InChI=1S/C9H13F2NS/c1-6-4-5-13-7(6)9(10,11)8(2,3)12/h4-5H,12H2,1-3H3. The lowest BCUT2D eigenvalue weighted by Crippen LogP contribution is -2.48. The Morgan fingerprint density at radius 1 is 1.38 bits per heavy atom. The van der Waals surface area contributed by atoms with Gasteiger partial charge in [0, 0.05) is 0 Å². The number of thiophene rings is 1. The van der Waals surface area contributed by atoms with Crippen LogP contribution in [0.25, 0.3) is 0 Å². The largest absolute Gasteiger partial charge is 0.320 e. The Hall–Kier alpha value is -0.480. The molecule has 0 aromatic carbocycles. The van der Waals surface area contributed by atoms with Gasteiger partial charge in [-0.25, -0.2) is 0 Å². The van der Waals surface area contributed by atoms with Crippen LogP contribution in [0, 0.1) is 6.92 Å². The monoisotopic (exact) mass is 205 g/mol. The van der Waals surface area contributed by atoms with E-state index in [0.717, 1.165) is 11.3 Å². The summed E-state index contributed by atoms with van der Waals surface area (Å²) in [5.41, 5.74) is 4.52. The van der Waals surface area contributed by atoms with Crippen molar-refractivity contribution in [2.45, 2.75) is 32.2 Å². The number of hydrogen-bond donors (Lipinski definition) is 1. The van der Waals surface area contributed by atoms with Crippen molar-refractivity contribution in [3.05, 3.63) is 21.9 Å². The number of aryl methyl sites for hydroxylation is 1. The Morgan fingerprint density at radius 2 is 1.92 bits per heavy atom. The van der Waals surface area contributed by atoms with Crippen LogP contribution in [-0.4, -0.2) is 5.54 Å². The van der Waals surface area contributed by atoms with E-state index in [1.165, 1.54) is 13.8 Å². The van der Waals surface area contributed by atoms with Gasteiger partial charge in [-0.1, -0.05) is 0 Å². The van der Waals surface area contributed by atoms with Crippen molar-refractivity contribution in [3.63, 3.8) is 0 Å². The molecule has 0 radical (unpaired) electrons. The highest BCUT2D eigenvalue weighted by atomic mass is 32.1. The minimum atomic E-state index is -2.95. The van der Waals surface area contributed by atoms with Crippen LogP contribution in [0.15, 0.2) is 11.4 Å². The number of hydrogen-bond acceptors (Lipinski definition) is 2. The van der Waals surface area contributed by atoms with Crippen molar-refractivity contribution < 1.29 is 8.78 Å². The zero-order chi connectivity index (χ0) is 10.3. The molecule has 2 N–H and O–H groups in total. The SMILES string of the molecule is Cc1ccsc1C(F)(F)C(C)(C)N. The van der Waals surface area contributed by atoms with Gasteiger partial charge in [0.15, 0.2) is 0 Å². The van der Waals surface area contributed by atoms with Crippen LogP contribution in [0.5, 0.6) is 0 Å². The number of halogens is 2. The van der Waals surface area contributed by atoms with E-state index in [-0.39, 0.29) is 4.88 Å². The molecule has 0 saturated heterocycles. The fourth-order valence-corrected chi connectivity index (χ4v) is 2.06. The van der Waals surface area contributed by atoms with Crippen molar-refractivity contribution in [2.75, 3.05) is 0 Å². The Kier molecular flexibility index (Phi) is 2.47. The minimum absolute atomic E-state index is 0.0694. The molecule has 0 aliphatic rings. The third kappa shape index (κ3) is 1.74. The van der Waals surface area contributed by atoms with Gasteiger partial charge in [0.05, 0.1) is 10.4 Å². The van der Waals surface area contributed by atoms with E-state index in [2.05, 4.69) is 0 Å². The van der Waals surface area contributed by atoms with Gasteiger partial charge in [0.25, 0.3) is 5.92 Å². The Balaban J connectivity index is 3.15. The second-order valence-corrected chi connectivity index (χ2v) is 4.64. The molecule has 0 fully saturated rings. The summed E-state index contributed by atoms with van der Waals surface area (Å²) in [5, 5.41) is 1.66. The van der Waals surface area contributed by atoms with E-state index in [9.17, 15) is 8.78 Å². The maximum Gasteiger partial charge on any atom is 0.299 e. The maximum atomic E-state index is 13.6. The molecule has 13 heavy (non-hydrogen) atoms. The van der Waals surface area contributed by atoms with Crippen molar-refractivity contribution in [1.82, 2.24) is 0 Å². The summed E-state index contributed by atoms with van der Waals surface area (Å²) in [4.78, 5) is 0.0694. The van der Waals surface area contributed by atoms with Gasteiger partial charge in [-0.05, 0) is 37.8 Å². The van der Waals surface area contributed by atoms with Crippen LogP contribution in [0.4, 0.5) is 8.78 Å². The predicted molar refractivity (Wildman–Crippen MR) is 51.2 cm³/mol. The highest BCUT2D eigenvalue weighted by molar-refractivity contribution is 7.10. The molecule has 1 rings (SSSR count). The molecule has 1 aromatic rings. The lowest BCUT2D eigenvalue weighted by molar-refractivity contribution is -0.0643. The number of nitrogens with two attached hydrogens (primary N) is 1. The number of rotatable bonds is 2. The van der Waals surface area contributed by atoms with Gasteiger partial charge in [0.2, 0.25) is 0 Å². The van der Waals surface area contributed by atoms with Gasteiger partial charge in [0.1, 0.15) is 0 Å². The first-order chi connectivity index (χ1) is 5.77. The fraction of sp³-hybridized carbons (Fsp3) is 0.556. The van der Waals surface area contributed by atoms with Crippen LogP contribution >= 0.6 is 11.3 Å². The van der Waals surface area contributed by atoms with E-state index < -0.39 is 11.5 Å². The van der Waals surface area contributed by atoms with Crippen LogP contribution in [0.3, 0.4) is 0 Å². The molecule has 0 bridgehead atoms. The van der Waals surface area contributed by atoms with Gasteiger partial charge >= 0.3 is 0 Å². The van der Waals surface area contributed by atoms with Gasteiger partial charge in [-0.15, -0.1) is 11.3 Å². The Morgan fingerprint density at radius 3 is 2.23 bits per heavy atom. The average Bonchev–Trinajstić information content (AvgIpc) is 2.32. The second-order valence-electron chi connectivity index (χ2n) is 3.73.